The van der Waals surface area contributed by atoms with Crippen LogP contribution in [0.1, 0.15) is 39.5 Å². The molecule has 6 nitrogen and oxygen atoms in total. The van der Waals surface area contributed by atoms with Crippen LogP contribution < -0.4 is 10.6 Å². The van der Waals surface area contributed by atoms with Crippen molar-refractivity contribution in [3.8, 4) is 0 Å². The molecule has 0 saturated heterocycles. The van der Waals surface area contributed by atoms with Crippen LogP contribution in [-0.2, 0) is 17.7 Å². The molecule has 166 valence electrons. The number of hydrogen-bond acceptors (Lipinski definition) is 5. The van der Waals surface area contributed by atoms with Crippen molar-refractivity contribution in [1.29, 1.82) is 0 Å². The van der Waals surface area contributed by atoms with E-state index in [0.29, 0.717) is 26.1 Å². The van der Waals surface area contributed by atoms with E-state index in [9.17, 15) is 9.59 Å². The van der Waals surface area contributed by atoms with Crippen molar-refractivity contribution in [3.05, 3.63) is 76.2 Å². The molecule has 1 atom stereocenters. The molecule has 0 radical (unpaired) electrons. The summed E-state index contributed by atoms with van der Waals surface area (Å²) in [4.78, 5) is 28.3. The minimum absolute atomic E-state index is 0.0622. The van der Waals surface area contributed by atoms with Crippen LogP contribution in [-0.4, -0.2) is 30.1 Å². The summed E-state index contributed by atoms with van der Waals surface area (Å²) in [5.74, 6) is -0.0622. The van der Waals surface area contributed by atoms with Crippen molar-refractivity contribution < 1.29 is 14.3 Å². The fraction of sp³-hybridized carbons (Fsp3) is 0.231. The van der Waals surface area contributed by atoms with Gasteiger partial charge in [-0.25, -0.2) is 4.79 Å². The van der Waals surface area contributed by atoms with Crippen molar-refractivity contribution in [2.24, 2.45) is 0 Å². The number of nitrogens with zero attached hydrogens (tertiary/aromatic N) is 1. The van der Waals surface area contributed by atoms with E-state index < -0.39 is 0 Å². The van der Waals surface area contributed by atoms with E-state index in [4.69, 9.17) is 4.74 Å². The van der Waals surface area contributed by atoms with Gasteiger partial charge in [0.2, 0.25) is 0 Å². The standard InChI is InChI=1S/C26H23N3O3S/c1-2-32-26(31)29-12-11-19-20(14-29)33-25-22(19)24(30)27-23(28-25)21-17-9-5-3-7-15(17)13-16-8-4-6-10-18(16)21/h3-10,13,23,28H,2,11-12,14H2,1H3,(H,27,30)/t23-/m1/s1. The average molecular weight is 458 g/mol. The topological polar surface area (TPSA) is 70.7 Å². The van der Waals surface area contributed by atoms with E-state index in [1.54, 1.807) is 16.2 Å². The van der Waals surface area contributed by atoms with Crippen molar-refractivity contribution in [2.45, 2.75) is 26.1 Å². The Balaban J connectivity index is 1.42. The molecule has 0 aliphatic carbocycles. The molecule has 2 N–H and O–H groups in total. The molecule has 33 heavy (non-hydrogen) atoms. The third-order valence-electron chi connectivity index (χ3n) is 6.46. The minimum atomic E-state index is -0.345. The molecule has 1 aromatic heterocycles. The van der Waals surface area contributed by atoms with Crippen molar-refractivity contribution in [3.63, 3.8) is 0 Å². The van der Waals surface area contributed by atoms with E-state index in [2.05, 4.69) is 41.0 Å². The first-order valence-corrected chi connectivity index (χ1v) is 12.0. The van der Waals surface area contributed by atoms with E-state index in [0.717, 1.165) is 48.1 Å². The summed E-state index contributed by atoms with van der Waals surface area (Å²) >= 11 is 1.57. The SMILES string of the molecule is CCOC(=O)N1CCc2c(sc3c2C(=O)N[C@@H](c2c4ccccc4cc4ccccc24)N3)C1. The van der Waals surface area contributed by atoms with Gasteiger partial charge in [0.25, 0.3) is 5.91 Å². The lowest BCUT2D eigenvalue weighted by Crippen LogP contribution is -2.39. The predicted molar refractivity (Wildman–Crippen MR) is 131 cm³/mol. The Labute approximate surface area is 195 Å². The number of rotatable bonds is 2. The molecule has 3 aromatic carbocycles. The second-order valence-electron chi connectivity index (χ2n) is 8.36. The smallest absolute Gasteiger partial charge is 0.410 e. The van der Waals surface area contributed by atoms with Gasteiger partial charge in [-0.1, -0.05) is 48.5 Å². The minimum Gasteiger partial charge on any atom is -0.450 e. The third kappa shape index (κ3) is 3.23. The first kappa shape index (κ1) is 20.1. The van der Waals surface area contributed by atoms with Gasteiger partial charge in [0.1, 0.15) is 11.2 Å². The number of carbonyl (C=O) groups excluding carboxylic acids is 2. The van der Waals surface area contributed by atoms with Crippen LogP contribution in [0.4, 0.5) is 9.80 Å². The third-order valence-corrected chi connectivity index (χ3v) is 7.61. The Hall–Kier alpha value is -3.58. The number of carbonyl (C=O) groups is 2. The van der Waals surface area contributed by atoms with Gasteiger partial charge >= 0.3 is 6.09 Å². The highest BCUT2D eigenvalue weighted by Gasteiger charge is 2.35. The zero-order chi connectivity index (χ0) is 22.5. The summed E-state index contributed by atoms with van der Waals surface area (Å²) in [6, 6.07) is 18.8. The summed E-state index contributed by atoms with van der Waals surface area (Å²) in [7, 11) is 0. The summed E-state index contributed by atoms with van der Waals surface area (Å²) in [5.41, 5.74) is 2.84. The lowest BCUT2D eigenvalue weighted by molar-refractivity contribution is 0.0934. The predicted octanol–water partition coefficient (Wildman–Crippen LogP) is 5.42. The van der Waals surface area contributed by atoms with Crippen LogP contribution in [0.3, 0.4) is 0 Å². The summed E-state index contributed by atoms with van der Waals surface area (Å²) in [5, 5.41) is 12.2. The molecule has 4 aromatic rings. The van der Waals surface area contributed by atoms with E-state index in [1.165, 1.54) is 0 Å². The van der Waals surface area contributed by atoms with Crippen molar-refractivity contribution in [1.82, 2.24) is 10.2 Å². The number of amides is 2. The molecular weight excluding hydrogens is 434 g/mol. The van der Waals surface area contributed by atoms with Crippen LogP contribution in [0.2, 0.25) is 0 Å². The number of anilines is 1. The Morgan fingerprint density at radius 2 is 1.79 bits per heavy atom. The highest BCUT2D eigenvalue weighted by molar-refractivity contribution is 7.16. The Kier molecular flexibility index (Phi) is 4.73. The van der Waals surface area contributed by atoms with Crippen LogP contribution in [0.15, 0.2) is 54.6 Å². The monoisotopic (exact) mass is 457 g/mol. The number of ether oxygens (including phenoxy) is 1. The molecule has 3 heterocycles. The van der Waals surface area contributed by atoms with Gasteiger partial charge in [0.05, 0.1) is 18.7 Å². The first-order chi connectivity index (χ1) is 16.1. The Bertz CT molecular complexity index is 1370. The zero-order valence-electron chi connectivity index (χ0n) is 18.2. The van der Waals surface area contributed by atoms with Gasteiger partial charge in [-0.05, 0) is 46.5 Å². The van der Waals surface area contributed by atoms with E-state index >= 15 is 0 Å². The highest BCUT2D eigenvalue weighted by atomic mass is 32.1. The number of fused-ring (bicyclic) bond motifs is 5. The Morgan fingerprint density at radius 1 is 1.09 bits per heavy atom. The average Bonchev–Trinajstić information content (AvgIpc) is 3.20. The van der Waals surface area contributed by atoms with Gasteiger partial charge < -0.3 is 20.3 Å². The maximum atomic E-state index is 13.3. The summed E-state index contributed by atoms with van der Waals surface area (Å²) in [6.45, 7) is 3.19. The van der Waals surface area contributed by atoms with Gasteiger partial charge in [-0.15, -0.1) is 11.3 Å². The lowest BCUT2D eigenvalue weighted by Gasteiger charge is -2.29. The Morgan fingerprint density at radius 3 is 2.48 bits per heavy atom. The van der Waals surface area contributed by atoms with Crippen LogP contribution in [0, 0.1) is 0 Å². The molecule has 0 unspecified atom stereocenters. The van der Waals surface area contributed by atoms with Crippen LogP contribution in [0.5, 0.6) is 0 Å². The normalized spacial score (nSPS) is 17.3. The second-order valence-corrected chi connectivity index (χ2v) is 9.47. The number of hydrogen-bond donors (Lipinski definition) is 2. The fourth-order valence-electron chi connectivity index (χ4n) is 4.99. The lowest BCUT2D eigenvalue weighted by atomic mass is 9.93. The zero-order valence-corrected chi connectivity index (χ0v) is 19.0. The van der Waals surface area contributed by atoms with Crippen molar-refractivity contribution >= 4 is 49.9 Å². The number of thiophene rings is 1. The quantitative estimate of drug-likeness (QED) is 0.394. The van der Waals surface area contributed by atoms with Crippen LogP contribution >= 0.6 is 11.3 Å². The maximum Gasteiger partial charge on any atom is 0.410 e. The molecular formula is C26H23N3O3S. The molecule has 2 amide bonds. The molecule has 0 saturated carbocycles. The summed E-state index contributed by atoms with van der Waals surface area (Å²) < 4.78 is 5.17. The van der Waals surface area contributed by atoms with Crippen LogP contribution in [0.25, 0.3) is 21.5 Å². The van der Waals surface area contributed by atoms with Crippen molar-refractivity contribution in [2.75, 3.05) is 18.5 Å². The molecule has 0 bridgehead atoms. The largest absolute Gasteiger partial charge is 0.450 e. The number of nitrogens with one attached hydrogen (secondary N) is 2. The second kappa shape index (κ2) is 7.78. The van der Waals surface area contributed by atoms with E-state index in [1.807, 2.05) is 31.2 Å². The highest BCUT2D eigenvalue weighted by Crippen LogP contribution is 2.42. The molecule has 7 heteroatoms. The molecule has 0 fully saturated rings. The van der Waals surface area contributed by atoms with Gasteiger partial charge in [-0.3, -0.25) is 4.79 Å². The molecule has 2 aliphatic heterocycles. The molecule has 0 spiro atoms. The van der Waals surface area contributed by atoms with Gasteiger partial charge in [0, 0.05) is 17.0 Å². The summed E-state index contributed by atoms with van der Waals surface area (Å²) in [6.07, 6.45) is 0.00558. The number of benzene rings is 3. The van der Waals surface area contributed by atoms with Gasteiger partial charge in [0.15, 0.2) is 0 Å². The van der Waals surface area contributed by atoms with Gasteiger partial charge in [-0.2, -0.15) is 0 Å². The fourth-order valence-corrected chi connectivity index (χ4v) is 6.28. The molecule has 6 rings (SSSR count). The maximum absolute atomic E-state index is 13.3. The molecule has 2 aliphatic rings. The van der Waals surface area contributed by atoms with E-state index in [-0.39, 0.29) is 18.2 Å². The first-order valence-electron chi connectivity index (χ1n) is 11.2.